The van der Waals surface area contributed by atoms with Gasteiger partial charge in [-0.05, 0) is 29.3 Å². The summed E-state index contributed by atoms with van der Waals surface area (Å²) in [5, 5.41) is 10.7. The van der Waals surface area contributed by atoms with Crippen LogP contribution < -0.4 is 0 Å². The van der Waals surface area contributed by atoms with Crippen LogP contribution in [0.1, 0.15) is 47.9 Å². The minimum Gasteiger partial charge on any atom is -0.453 e. The van der Waals surface area contributed by atoms with Crippen molar-refractivity contribution in [2.45, 2.75) is 26.4 Å². The average Bonchev–Trinajstić information content (AvgIpc) is 2.59. The highest BCUT2D eigenvalue weighted by Crippen LogP contribution is 2.40. The maximum atomic E-state index is 12.1. The molecule has 2 atom stereocenters. The Bertz CT molecular complexity index is 793. The van der Waals surface area contributed by atoms with Crippen LogP contribution in [0.2, 0.25) is 0 Å². The molecule has 25 heavy (non-hydrogen) atoms. The molecule has 1 aliphatic rings. The van der Waals surface area contributed by atoms with Crippen molar-refractivity contribution in [1.82, 2.24) is 0 Å². The molecule has 0 saturated heterocycles. The summed E-state index contributed by atoms with van der Waals surface area (Å²) in [6.07, 6.45) is -0.173. The molecule has 2 aromatic carbocycles. The van der Waals surface area contributed by atoms with E-state index in [9.17, 15) is 14.9 Å². The molecule has 130 valence electrons. The molecule has 1 aliphatic heterocycles. The summed E-state index contributed by atoms with van der Waals surface area (Å²) in [4.78, 5) is 38.5. The Morgan fingerprint density at radius 1 is 1.08 bits per heavy atom. The summed E-state index contributed by atoms with van der Waals surface area (Å²) in [6, 6.07) is 13.5. The molecule has 0 aromatic heterocycles. The van der Waals surface area contributed by atoms with Crippen molar-refractivity contribution < 1.29 is 24.0 Å². The van der Waals surface area contributed by atoms with Gasteiger partial charge in [-0.2, -0.15) is 9.59 Å². The molecule has 0 radical (unpaired) electrons. The second-order valence-electron chi connectivity index (χ2n) is 5.13. The summed E-state index contributed by atoms with van der Waals surface area (Å²) < 4.78 is 5.50. The first kappa shape index (κ1) is 19.7. The van der Waals surface area contributed by atoms with Crippen LogP contribution in [0.4, 0.5) is 5.69 Å². The van der Waals surface area contributed by atoms with Crippen LogP contribution in [-0.2, 0) is 14.3 Å². The smallest absolute Gasteiger partial charge is 0.373 e. The number of nitro benzene ring substituents is 1. The van der Waals surface area contributed by atoms with Crippen molar-refractivity contribution in [1.29, 1.82) is 0 Å². The van der Waals surface area contributed by atoms with E-state index in [1.54, 1.807) is 24.3 Å². The number of carbonyl (C=O) groups is 1. The molecule has 0 bridgehead atoms. The van der Waals surface area contributed by atoms with Gasteiger partial charge in [-0.25, -0.2) is 4.79 Å². The summed E-state index contributed by atoms with van der Waals surface area (Å²) in [5.41, 5.74) is 2.31. The Kier molecular flexibility index (Phi) is 6.72. The second-order valence-corrected chi connectivity index (χ2v) is 5.13. The Morgan fingerprint density at radius 3 is 2.20 bits per heavy atom. The number of ether oxygens (including phenoxy) is 1. The molecule has 1 heterocycles. The van der Waals surface area contributed by atoms with Crippen LogP contribution in [0.25, 0.3) is 0 Å². The van der Waals surface area contributed by atoms with Crippen LogP contribution in [-0.4, -0.2) is 17.0 Å². The van der Waals surface area contributed by atoms with E-state index in [4.69, 9.17) is 14.3 Å². The molecule has 0 unspecified atom stereocenters. The minimum atomic E-state index is -0.449. The molecular weight excluding hydrogens is 326 g/mol. The zero-order valence-corrected chi connectivity index (χ0v) is 12.7. The van der Waals surface area contributed by atoms with Gasteiger partial charge in [0.2, 0.25) is 0 Å². The molecule has 3 rings (SSSR count). The summed E-state index contributed by atoms with van der Waals surface area (Å²) in [5.74, 6) is -0.354. The fourth-order valence-corrected chi connectivity index (χ4v) is 2.67. The number of rotatable bonds is 2. The van der Waals surface area contributed by atoms with E-state index in [0.29, 0.717) is 5.56 Å². The van der Waals surface area contributed by atoms with Crippen LogP contribution in [0.15, 0.2) is 48.5 Å². The predicted molar refractivity (Wildman–Crippen MR) is 87.8 cm³/mol. The number of nitro groups is 1. The number of cyclic esters (lactones) is 1. The van der Waals surface area contributed by atoms with E-state index < -0.39 is 11.0 Å². The highest BCUT2D eigenvalue weighted by atomic mass is 16.6. The largest absolute Gasteiger partial charge is 0.453 e. The fourth-order valence-electron chi connectivity index (χ4n) is 2.67. The number of benzene rings is 2. The minimum absolute atomic E-state index is 0. The quantitative estimate of drug-likeness (QED) is 0.468. The third kappa shape index (κ3) is 4.16. The lowest BCUT2D eigenvalue weighted by atomic mass is 9.85. The van der Waals surface area contributed by atoms with Crippen molar-refractivity contribution in [3.63, 3.8) is 0 Å². The maximum absolute atomic E-state index is 12.1. The SMILES string of the molecule is C.C[C@@H]1c2ccccc2C(=O)O[C@H]1c1ccc([N+](=O)[O-])cc1.O=C=O. The number of carbonyl (C=O) groups excluding carboxylic acids is 3. The Labute approximate surface area is 144 Å². The molecule has 7 heteroatoms. The zero-order chi connectivity index (χ0) is 17.7. The number of nitrogens with zero attached hydrogens (tertiary/aromatic N) is 1. The molecule has 0 fully saturated rings. The van der Waals surface area contributed by atoms with Crippen molar-refractivity contribution >= 4 is 17.8 Å². The van der Waals surface area contributed by atoms with Gasteiger partial charge in [0.15, 0.2) is 0 Å². The lowest BCUT2D eigenvalue weighted by molar-refractivity contribution is -0.384. The Balaban J connectivity index is 0.000000730. The van der Waals surface area contributed by atoms with E-state index >= 15 is 0 Å². The molecule has 7 nitrogen and oxygen atoms in total. The van der Waals surface area contributed by atoms with Crippen LogP contribution in [0.3, 0.4) is 0 Å². The van der Waals surface area contributed by atoms with E-state index in [1.807, 2.05) is 19.1 Å². The van der Waals surface area contributed by atoms with Gasteiger partial charge in [0.25, 0.3) is 5.69 Å². The van der Waals surface area contributed by atoms with E-state index in [0.717, 1.165) is 11.1 Å². The van der Waals surface area contributed by atoms with Gasteiger partial charge in [0, 0.05) is 18.1 Å². The van der Waals surface area contributed by atoms with Gasteiger partial charge in [0.1, 0.15) is 6.10 Å². The monoisotopic (exact) mass is 343 g/mol. The highest BCUT2D eigenvalue weighted by molar-refractivity contribution is 5.92. The van der Waals surface area contributed by atoms with Gasteiger partial charge >= 0.3 is 12.1 Å². The van der Waals surface area contributed by atoms with Crippen LogP contribution >= 0.6 is 0 Å². The first-order chi connectivity index (χ1) is 11.5. The molecule has 0 spiro atoms. The van der Waals surface area contributed by atoms with Crippen molar-refractivity contribution in [2.75, 3.05) is 0 Å². The summed E-state index contributed by atoms with van der Waals surface area (Å²) in [6.45, 7) is 1.98. The van der Waals surface area contributed by atoms with E-state index in [1.165, 1.54) is 12.1 Å². The molecule has 0 aliphatic carbocycles. The van der Waals surface area contributed by atoms with Crippen molar-refractivity contribution in [3.8, 4) is 0 Å². The lowest BCUT2D eigenvalue weighted by Crippen LogP contribution is -2.24. The Morgan fingerprint density at radius 2 is 1.64 bits per heavy atom. The van der Waals surface area contributed by atoms with E-state index in [2.05, 4.69) is 0 Å². The molecule has 2 aromatic rings. The average molecular weight is 343 g/mol. The van der Waals surface area contributed by atoms with Gasteiger partial charge in [-0.3, -0.25) is 10.1 Å². The summed E-state index contributed by atoms with van der Waals surface area (Å²) >= 11 is 0. The summed E-state index contributed by atoms with van der Waals surface area (Å²) in [7, 11) is 0. The number of esters is 1. The zero-order valence-electron chi connectivity index (χ0n) is 12.7. The highest BCUT2D eigenvalue weighted by Gasteiger charge is 2.33. The number of hydrogen-bond acceptors (Lipinski definition) is 6. The molecule has 0 amide bonds. The maximum Gasteiger partial charge on any atom is 0.373 e. The standard InChI is InChI=1S/C16H13NO4.CO2.CH4/c1-10-13-4-2-3-5-14(13)16(18)21-15(10)11-6-8-12(9-7-11)17(19)20;2-1-3;/h2-10,15H,1H3;;1H4/t10-,15-;;/m1../s1. The third-order valence-electron chi connectivity index (χ3n) is 3.79. The number of fused-ring (bicyclic) bond motifs is 1. The molecule has 0 saturated carbocycles. The van der Waals surface area contributed by atoms with Gasteiger partial charge in [-0.15, -0.1) is 0 Å². The molecular formula is C18H17NO6. The van der Waals surface area contributed by atoms with E-state index in [-0.39, 0.29) is 31.2 Å². The number of hydrogen-bond donors (Lipinski definition) is 0. The van der Waals surface area contributed by atoms with Crippen LogP contribution in [0.5, 0.6) is 0 Å². The fraction of sp³-hybridized carbons (Fsp3) is 0.222. The van der Waals surface area contributed by atoms with Crippen molar-refractivity contribution in [2.24, 2.45) is 0 Å². The number of non-ortho nitro benzene ring substituents is 1. The first-order valence-electron chi connectivity index (χ1n) is 7.03. The van der Waals surface area contributed by atoms with Gasteiger partial charge in [-0.1, -0.05) is 32.5 Å². The topological polar surface area (TPSA) is 104 Å². The van der Waals surface area contributed by atoms with Crippen molar-refractivity contribution in [3.05, 3.63) is 75.3 Å². The third-order valence-corrected chi connectivity index (χ3v) is 3.79. The van der Waals surface area contributed by atoms with Crippen LogP contribution in [0, 0.1) is 10.1 Å². The normalized spacial score (nSPS) is 17.6. The first-order valence-corrected chi connectivity index (χ1v) is 7.03. The van der Waals surface area contributed by atoms with Gasteiger partial charge < -0.3 is 4.74 Å². The second kappa shape index (κ2) is 8.52. The molecule has 0 N–H and O–H groups in total. The predicted octanol–water partition coefficient (Wildman–Crippen LogP) is 3.66. The van der Waals surface area contributed by atoms with Gasteiger partial charge in [0.05, 0.1) is 10.5 Å². The lowest BCUT2D eigenvalue weighted by Gasteiger charge is -2.30. The Hall–Kier alpha value is -3.31.